The molecular formula is C25H27N3O2. The van der Waals surface area contributed by atoms with Crippen molar-refractivity contribution in [3.63, 3.8) is 0 Å². The number of ether oxygens (including phenoxy) is 1. The molecule has 0 aliphatic carbocycles. The third-order valence-electron chi connectivity index (χ3n) is 5.38. The van der Waals surface area contributed by atoms with Crippen LogP contribution in [0.3, 0.4) is 0 Å². The van der Waals surface area contributed by atoms with Gasteiger partial charge in [-0.1, -0.05) is 32.0 Å². The fourth-order valence-electron chi connectivity index (χ4n) is 3.54. The van der Waals surface area contributed by atoms with Crippen molar-refractivity contribution in [2.45, 2.75) is 19.8 Å². The summed E-state index contributed by atoms with van der Waals surface area (Å²) in [6, 6.07) is 20.0. The van der Waals surface area contributed by atoms with Gasteiger partial charge in [0.1, 0.15) is 0 Å². The van der Waals surface area contributed by atoms with E-state index in [1.807, 2.05) is 48.5 Å². The number of carbonyl (C=O) groups excluding carboxylic acids is 1. The summed E-state index contributed by atoms with van der Waals surface area (Å²) >= 11 is 0. The third kappa shape index (κ3) is 4.69. The zero-order valence-electron chi connectivity index (χ0n) is 17.5. The molecule has 0 saturated carbocycles. The van der Waals surface area contributed by atoms with Crippen LogP contribution in [0.15, 0.2) is 66.9 Å². The van der Waals surface area contributed by atoms with Gasteiger partial charge in [0.2, 0.25) is 0 Å². The second-order valence-electron chi connectivity index (χ2n) is 7.81. The van der Waals surface area contributed by atoms with Gasteiger partial charge in [0.25, 0.3) is 5.91 Å². The van der Waals surface area contributed by atoms with Crippen LogP contribution in [0, 0.1) is 0 Å². The van der Waals surface area contributed by atoms with Gasteiger partial charge < -0.3 is 15.0 Å². The Morgan fingerprint density at radius 3 is 2.47 bits per heavy atom. The minimum absolute atomic E-state index is 0.163. The van der Waals surface area contributed by atoms with Crippen LogP contribution < -0.4 is 10.2 Å². The first-order valence-corrected chi connectivity index (χ1v) is 10.4. The van der Waals surface area contributed by atoms with Crippen molar-refractivity contribution in [2.75, 3.05) is 36.5 Å². The van der Waals surface area contributed by atoms with E-state index in [2.05, 4.69) is 41.2 Å². The van der Waals surface area contributed by atoms with E-state index in [0.29, 0.717) is 11.5 Å². The van der Waals surface area contributed by atoms with E-state index >= 15 is 0 Å². The summed E-state index contributed by atoms with van der Waals surface area (Å²) in [6.07, 6.45) is 1.63. The highest BCUT2D eigenvalue weighted by Gasteiger charge is 2.12. The first kappa shape index (κ1) is 20.1. The largest absolute Gasteiger partial charge is 0.378 e. The topological polar surface area (TPSA) is 54.5 Å². The molecule has 0 radical (unpaired) electrons. The molecule has 30 heavy (non-hydrogen) atoms. The van der Waals surface area contributed by atoms with Crippen LogP contribution in [0.25, 0.3) is 11.3 Å². The zero-order valence-corrected chi connectivity index (χ0v) is 17.5. The lowest BCUT2D eigenvalue weighted by atomic mass is 9.99. The van der Waals surface area contributed by atoms with E-state index in [1.165, 1.54) is 5.56 Å². The first-order valence-electron chi connectivity index (χ1n) is 10.4. The Kier molecular flexibility index (Phi) is 6.10. The van der Waals surface area contributed by atoms with Gasteiger partial charge in [-0.05, 0) is 53.9 Å². The second kappa shape index (κ2) is 9.09. The lowest BCUT2D eigenvalue weighted by molar-refractivity contribution is 0.102. The van der Waals surface area contributed by atoms with E-state index in [0.717, 1.165) is 48.9 Å². The number of hydrogen-bond donors (Lipinski definition) is 1. The van der Waals surface area contributed by atoms with Crippen molar-refractivity contribution in [3.8, 4) is 11.3 Å². The van der Waals surface area contributed by atoms with Crippen molar-refractivity contribution >= 4 is 17.3 Å². The molecule has 5 nitrogen and oxygen atoms in total. The number of aromatic nitrogens is 1. The molecule has 1 aromatic heterocycles. The van der Waals surface area contributed by atoms with Crippen LogP contribution in [0.4, 0.5) is 11.4 Å². The van der Waals surface area contributed by atoms with Crippen LogP contribution in [0.2, 0.25) is 0 Å². The highest BCUT2D eigenvalue weighted by molar-refractivity contribution is 6.04. The summed E-state index contributed by atoms with van der Waals surface area (Å²) in [5, 5.41) is 2.95. The molecular weight excluding hydrogens is 374 g/mol. The Morgan fingerprint density at radius 2 is 1.80 bits per heavy atom. The standard InChI is InChI=1S/C25H27N3O2/c1-18(2)19-4-3-5-20(16-19)24-11-6-21(17-26-24)25(29)27-22-7-9-23(10-8-22)28-12-14-30-15-13-28/h3-11,16-18H,12-15H2,1-2H3,(H,27,29). The summed E-state index contributed by atoms with van der Waals surface area (Å²) in [5.74, 6) is 0.300. The fraction of sp³-hybridized carbons (Fsp3) is 0.280. The van der Waals surface area contributed by atoms with Crippen LogP contribution in [-0.4, -0.2) is 37.2 Å². The summed E-state index contributed by atoms with van der Waals surface area (Å²) in [5.41, 5.74) is 5.65. The van der Waals surface area contributed by atoms with E-state index in [1.54, 1.807) is 6.20 Å². The van der Waals surface area contributed by atoms with Crippen molar-refractivity contribution < 1.29 is 9.53 Å². The van der Waals surface area contributed by atoms with Gasteiger partial charge in [0, 0.05) is 36.2 Å². The zero-order chi connectivity index (χ0) is 20.9. The Labute approximate surface area is 177 Å². The number of morpholine rings is 1. The summed E-state index contributed by atoms with van der Waals surface area (Å²) in [7, 11) is 0. The average molecular weight is 402 g/mol. The average Bonchev–Trinajstić information content (AvgIpc) is 2.80. The van der Waals surface area contributed by atoms with Crippen molar-refractivity contribution in [1.82, 2.24) is 4.98 Å². The number of anilines is 2. The van der Waals surface area contributed by atoms with E-state index in [9.17, 15) is 4.79 Å². The molecule has 0 atom stereocenters. The smallest absolute Gasteiger partial charge is 0.257 e. The summed E-state index contributed by atoms with van der Waals surface area (Å²) in [6.45, 7) is 7.64. The number of benzene rings is 2. The highest BCUT2D eigenvalue weighted by atomic mass is 16.5. The highest BCUT2D eigenvalue weighted by Crippen LogP contribution is 2.23. The number of carbonyl (C=O) groups is 1. The third-order valence-corrected chi connectivity index (χ3v) is 5.38. The van der Waals surface area contributed by atoms with Crippen molar-refractivity contribution in [3.05, 3.63) is 78.0 Å². The predicted molar refractivity (Wildman–Crippen MR) is 121 cm³/mol. The van der Waals surface area contributed by atoms with Gasteiger partial charge in [0.05, 0.1) is 24.5 Å². The van der Waals surface area contributed by atoms with E-state index < -0.39 is 0 Å². The van der Waals surface area contributed by atoms with Crippen LogP contribution in [0.5, 0.6) is 0 Å². The number of pyridine rings is 1. The Morgan fingerprint density at radius 1 is 1.03 bits per heavy atom. The lowest BCUT2D eigenvalue weighted by Gasteiger charge is -2.28. The van der Waals surface area contributed by atoms with E-state index in [4.69, 9.17) is 4.74 Å². The quantitative estimate of drug-likeness (QED) is 0.656. The van der Waals surface area contributed by atoms with Crippen LogP contribution in [0.1, 0.15) is 35.7 Å². The monoisotopic (exact) mass is 401 g/mol. The van der Waals surface area contributed by atoms with Gasteiger partial charge in [0.15, 0.2) is 0 Å². The van der Waals surface area contributed by atoms with Crippen molar-refractivity contribution in [2.24, 2.45) is 0 Å². The molecule has 2 heterocycles. The second-order valence-corrected chi connectivity index (χ2v) is 7.81. The lowest BCUT2D eigenvalue weighted by Crippen LogP contribution is -2.36. The number of nitrogens with zero attached hydrogens (tertiary/aromatic N) is 2. The minimum atomic E-state index is -0.163. The molecule has 2 aromatic carbocycles. The molecule has 5 heteroatoms. The Hall–Kier alpha value is -3.18. The number of amides is 1. The normalized spacial score (nSPS) is 14.0. The molecule has 3 aromatic rings. The molecule has 0 bridgehead atoms. The van der Waals surface area contributed by atoms with Gasteiger partial charge in [-0.2, -0.15) is 0 Å². The molecule has 0 spiro atoms. The molecule has 1 fully saturated rings. The maximum atomic E-state index is 12.6. The van der Waals surface area contributed by atoms with Crippen LogP contribution in [-0.2, 0) is 4.74 Å². The summed E-state index contributed by atoms with van der Waals surface area (Å²) in [4.78, 5) is 19.4. The molecule has 1 aliphatic heterocycles. The molecule has 1 N–H and O–H groups in total. The number of rotatable bonds is 5. The number of hydrogen-bond acceptors (Lipinski definition) is 4. The molecule has 1 aliphatic rings. The van der Waals surface area contributed by atoms with Gasteiger partial charge in [-0.15, -0.1) is 0 Å². The first-order chi connectivity index (χ1) is 14.6. The molecule has 1 saturated heterocycles. The van der Waals surface area contributed by atoms with Gasteiger partial charge >= 0.3 is 0 Å². The Balaban J connectivity index is 1.42. The molecule has 154 valence electrons. The van der Waals surface area contributed by atoms with Crippen LogP contribution >= 0.6 is 0 Å². The number of nitrogens with one attached hydrogen (secondary N) is 1. The van der Waals surface area contributed by atoms with Gasteiger partial charge in [-0.25, -0.2) is 0 Å². The van der Waals surface area contributed by atoms with E-state index in [-0.39, 0.29) is 5.91 Å². The predicted octanol–water partition coefficient (Wildman–Crippen LogP) is 4.96. The molecule has 0 unspecified atom stereocenters. The Bertz CT molecular complexity index is 992. The molecule has 4 rings (SSSR count). The maximum Gasteiger partial charge on any atom is 0.257 e. The molecule has 1 amide bonds. The fourth-order valence-corrected chi connectivity index (χ4v) is 3.54. The van der Waals surface area contributed by atoms with Gasteiger partial charge in [-0.3, -0.25) is 9.78 Å². The summed E-state index contributed by atoms with van der Waals surface area (Å²) < 4.78 is 5.39. The minimum Gasteiger partial charge on any atom is -0.378 e. The SMILES string of the molecule is CC(C)c1cccc(-c2ccc(C(=O)Nc3ccc(N4CCOCC4)cc3)cn2)c1. The van der Waals surface area contributed by atoms with Crippen molar-refractivity contribution in [1.29, 1.82) is 0 Å². The maximum absolute atomic E-state index is 12.6.